The SMILES string of the molecule is CCNCc1c(C)nn(Cc2cccc(F)c2F)c1C. The molecule has 0 unspecified atom stereocenters. The molecule has 3 nitrogen and oxygen atoms in total. The van der Waals surface area contributed by atoms with Gasteiger partial charge in [-0.1, -0.05) is 19.1 Å². The van der Waals surface area contributed by atoms with Crippen LogP contribution in [0, 0.1) is 25.5 Å². The average Bonchev–Trinajstić information content (AvgIpc) is 2.68. The summed E-state index contributed by atoms with van der Waals surface area (Å²) in [6.45, 7) is 7.77. The van der Waals surface area contributed by atoms with E-state index in [4.69, 9.17) is 0 Å². The van der Waals surface area contributed by atoms with Crippen molar-refractivity contribution >= 4 is 0 Å². The number of nitrogens with zero attached hydrogens (tertiary/aromatic N) is 2. The third kappa shape index (κ3) is 2.88. The first kappa shape index (κ1) is 14.7. The summed E-state index contributed by atoms with van der Waals surface area (Å²) in [5.74, 6) is -1.62. The minimum absolute atomic E-state index is 0.238. The molecule has 1 heterocycles. The Morgan fingerprint density at radius 2 is 2.00 bits per heavy atom. The van der Waals surface area contributed by atoms with Crippen LogP contribution in [0.15, 0.2) is 18.2 Å². The number of halogens is 2. The van der Waals surface area contributed by atoms with Gasteiger partial charge in [-0.3, -0.25) is 4.68 Å². The van der Waals surface area contributed by atoms with Crippen LogP contribution >= 0.6 is 0 Å². The zero-order chi connectivity index (χ0) is 14.7. The summed E-state index contributed by atoms with van der Waals surface area (Å²) in [4.78, 5) is 0. The summed E-state index contributed by atoms with van der Waals surface area (Å²) in [5.41, 5.74) is 3.32. The molecule has 1 aromatic carbocycles. The number of aromatic nitrogens is 2. The second kappa shape index (κ2) is 6.13. The second-order valence-electron chi connectivity index (χ2n) is 4.80. The van der Waals surface area contributed by atoms with Crippen LogP contribution in [0.1, 0.15) is 29.4 Å². The monoisotopic (exact) mass is 279 g/mol. The second-order valence-corrected chi connectivity index (χ2v) is 4.80. The summed E-state index contributed by atoms with van der Waals surface area (Å²) < 4.78 is 28.6. The highest BCUT2D eigenvalue weighted by Gasteiger charge is 2.14. The van der Waals surface area contributed by atoms with E-state index in [-0.39, 0.29) is 6.54 Å². The van der Waals surface area contributed by atoms with E-state index in [1.165, 1.54) is 6.07 Å². The molecule has 2 rings (SSSR count). The lowest BCUT2D eigenvalue weighted by Gasteiger charge is -2.07. The number of nitrogens with one attached hydrogen (secondary N) is 1. The van der Waals surface area contributed by atoms with Gasteiger partial charge in [-0.2, -0.15) is 5.10 Å². The van der Waals surface area contributed by atoms with Gasteiger partial charge in [-0.15, -0.1) is 0 Å². The zero-order valence-electron chi connectivity index (χ0n) is 12.0. The minimum atomic E-state index is -0.822. The van der Waals surface area contributed by atoms with Gasteiger partial charge in [0.25, 0.3) is 0 Å². The molecule has 0 aliphatic rings. The predicted octanol–water partition coefficient (Wildman–Crippen LogP) is 2.94. The molecule has 2 aromatic rings. The van der Waals surface area contributed by atoms with E-state index < -0.39 is 11.6 Å². The molecule has 0 spiro atoms. The lowest BCUT2D eigenvalue weighted by Crippen LogP contribution is -2.13. The third-order valence-electron chi connectivity index (χ3n) is 3.43. The molecule has 5 heteroatoms. The highest BCUT2D eigenvalue weighted by molar-refractivity contribution is 5.26. The summed E-state index contributed by atoms with van der Waals surface area (Å²) in [6, 6.07) is 4.22. The Morgan fingerprint density at radius 1 is 1.25 bits per heavy atom. The van der Waals surface area contributed by atoms with Gasteiger partial charge in [0, 0.05) is 23.4 Å². The van der Waals surface area contributed by atoms with Gasteiger partial charge in [-0.05, 0) is 26.5 Å². The molecule has 0 saturated carbocycles. The van der Waals surface area contributed by atoms with Crippen LogP contribution in [0.3, 0.4) is 0 Å². The summed E-state index contributed by atoms with van der Waals surface area (Å²) >= 11 is 0. The number of aryl methyl sites for hydroxylation is 1. The molecule has 1 N–H and O–H groups in total. The highest BCUT2D eigenvalue weighted by Crippen LogP contribution is 2.17. The van der Waals surface area contributed by atoms with Crippen LogP contribution in [0.25, 0.3) is 0 Å². The summed E-state index contributed by atoms with van der Waals surface area (Å²) in [6.07, 6.45) is 0. The van der Waals surface area contributed by atoms with E-state index in [1.807, 2.05) is 20.8 Å². The number of rotatable bonds is 5. The van der Waals surface area contributed by atoms with Crippen LogP contribution < -0.4 is 5.32 Å². The maximum Gasteiger partial charge on any atom is 0.163 e. The van der Waals surface area contributed by atoms with Gasteiger partial charge >= 0.3 is 0 Å². The van der Waals surface area contributed by atoms with E-state index in [2.05, 4.69) is 10.4 Å². The molecule has 20 heavy (non-hydrogen) atoms. The van der Waals surface area contributed by atoms with Crippen LogP contribution in [0.2, 0.25) is 0 Å². The molecule has 0 amide bonds. The number of benzene rings is 1. The van der Waals surface area contributed by atoms with Gasteiger partial charge in [0.1, 0.15) is 0 Å². The largest absolute Gasteiger partial charge is 0.313 e. The maximum atomic E-state index is 13.7. The molecule has 0 fully saturated rings. The lowest BCUT2D eigenvalue weighted by atomic mass is 10.2. The van der Waals surface area contributed by atoms with Crippen LogP contribution in [-0.2, 0) is 13.1 Å². The van der Waals surface area contributed by atoms with Gasteiger partial charge in [0.05, 0.1) is 12.2 Å². The van der Waals surface area contributed by atoms with Gasteiger partial charge in [0.2, 0.25) is 0 Å². The quantitative estimate of drug-likeness (QED) is 0.912. The van der Waals surface area contributed by atoms with E-state index in [9.17, 15) is 8.78 Å². The van der Waals surface area contributed by atoms with E-state index in [1.54, 1.807) is 10.7 Å². The predicted molar refractivity (Wildman–Crippen MR) is 74.5 cm³/mol. The van der Waals surface area contributed by atoms with E-state index in [0.717, 1.165) is 36.1 Å². The average molecular weight is 279 g/mol. The van der Waals surface area contributed by atoms with Crippen molar-refractivity contribution in [3.63, 3.8) is 0 Å². The Morgan fingerprint density at radius 3 is 2.70 bits per heavy atom. The highest BCUT2D eigenvalue weighted by atomic mass is 19.2. The lowest BCUT2D eigenvalue weighted by molar-refractivity contribution is 0.490. The first-order valence-corrected chi connectivity index (χ1v) is 6.71. The number of hydrogen-bond donors (Lipinski definition) is 1. The van der Waals surface area contributed by atoms with E-state index >= 15 is 0 Å². The maximum absolute atomic E-state index is 13.7. The fraction of sp³-hybridized carbons (Fsp3) is 0.400. The molecular formula is C15H19F2N3. The smallest absolute Gasteiger partial charge is 0.163 e. The van der Waals surface area contributed by atoms with E-state index in [0.29, 0.717) is 5.56 Å². The Labute approximate surface area is 117 Å². The molecule has 0 bridgehead atoms. The first-order valence-electron chi connectivity index (χ1n) is 6.71. The number of hydrogen-bond acceptors (Lipinski definition) is 2. The van der Waals surface area contributed by atoms with Crippen LogP contribution in [0.4, 0.5) is 8.78 Å². The van der Waals surface area contributed by atoms with Crippen LogP contribution in [0.5, 0.6) is 0 Å². The van der Waals surface area contributed by atoms with Gasteiger partial charge < -0.3 is 5.32 Å². The van der Waals surface area contributed by atoms with Crippen LogP contribution in [-0.4, -0.2) is 16.3 Å². The third-order valence-corrected chi connectivity index (χ3v) is 3.43. The van der Waals surface area contributed by atoms with Crippen molar-refractivity contribution in [1.29, 1.82) is 0 Å². The molecule has 108 valence electrons. The molecule has 1 aromatic heterocycles. The Bertz CT molecular complexity index is 605. The van der Waals surface area contributed by atoms with Gasteiger partial charge in [0.15, 0.2) is 11.6 Å². The Balaban J connectivity index is 2.28. The van der Waals surface area contributed by atoms with Crippen molar-refractivity contribution in [3.8, 4) is 0 Å². The van der Waals surface area contributed by atoms with Crippen molar-refractivity contribution in [3.05, 3.63) is 52.3 Å². The van der Waals surface area contributed by atoms with Crippen molar-refractivity contribution in [2.24, 2.45) is 0 Å². The molecule has 0 radical (unpaired) electrons. The Kier molecular flexibility index (Phi) is 4.49. The molecule has 0 aliphatic heterocycles. The minimum Gasteiger partial charge on any atom is -0.313 e. The molecule has 0 saturated heterocycles. The Hall–Kier alpha value is -1.75. The zero-order valence-corrected chi connectivity index (χ0v) is 12.0. The fourth-order valence-electron chi connectivity index (χ4n) is 2.23. The standard InChI is InChI=1S/C15H19F2N3/c1-4-18-8-13-10(2)19-20(11(13)3)9-12-6-5-7-14(16)15(12)17/h5-7,18H,4,8-9H2,1-3H3. The summed E-state index contributed by atoms with van der Waals surface area (Å²) in [7, 11) is 0. The summed E-state index contributed by atoms with van der Waals surface area (Å²) in [5, 5.41) is 7.67. The van der Waals surface area contributed by atoms with Crippen molar-refractivity contribution in [2.45, 2.75) is 33.9 Å². The fourth-order valence-corrected chi connectivity index (χ4v) is 2.23. The molecular weight excluding hydrogens is 260 g/mol. The normalized spacial score (nSPS) is 11.1. The molecule has 0 atom stereocenters. The first-order chi connectivity index (χ1) is 9.54. The molecule has 0 aliphatic carbocycles. The van der Waals surface area contributed by atoms with Crippen molar-refractivity contribution in [2.75, 3.05) is 6.54 Å². The van der Waals surface area contributed by atoms with Crippen molar-refractivity contribution in [1.82, 2.24) is 15.1 Å². The van der Waals surface area contributed by atoms with Gasteiger partial charge in [-0.25, -0.2) is 8.78 Å². The van der Waals surface area contributed by atoms with Crippen molar-refractivity contribution < 1.29 is 8.78 Å². The topological polar surface area (TPSA) is 29.9 Å².